The third kappa shape index (κ3) is 5.37. The number of anilines is 2. The van der Waals surface area contributed by atoms with Crippen molar-refractivity contribution in [1.82, 2.24) is 5.32 Å². The summed E-state index contributed by atoms with van der Waals surface area (Å²) in [7, 11) is -3.96. The van der Waals surface area contributed by atoms with Crippen molar-refractivity contribution in [2.24, 2.45) is 0 Å². The first-order chi connectivity index (χ1) is 16.4. The van der Waals surface area contributed by atoms with E-state index in [1.54, 1.807) is 12.1 Å². The number of carbonyl (C=O) groups is 1. The van der Waals surface area contributed by atoms with Gasteiger partial charge in [0.15, 0.2) is 0 Å². The molecule has 1 heterocycles. The maximum absolute atomic E-state index is 13.4. The second-order valence-electron chi connectivity index (χ2n) is 8.32. The summed E-state index contributed by atoms with van der Waals surface area (Å²) in [5, 5.41) is 3.33. The Labute approximate surface area is 206 Å². The highest BCUT2D eigenvalue weighted by Crippen LogP contribution is 2.28. The van der Waals surface area contributed by atoms with E-state index in [0.29, 0.717) is 17.3 Å². The Balaban J connectivity index is 1.42. The smallest absolute Gasteiger partial charge is 0.264 e. The van der Waals surface area contributed by atoms with Crippen LogP contribution in [0, 0.1) is 6.92 Å². The van der Waals surface area contributed by atoms with E-state index in [2.05, 4.69) is 28.4 Å². The highest BCUT2D eigenvalue weighted by molar-refractivity contribution is 7.92. The first kappa shape index (κ1) is 24.1. The van der Waals surface area contributed by atoms with Gasteiger partial charge in [-0.3, -0.25) is 9.10 Å². The Hall–Kier alpha value is -3.03. The van der Waals surface area contributed by atoms with E-state index in [9.17, 15) is 13.2 Å². The van der Waals surface area contributed by atoms with Crippen molar-refractivity contribution in [1.29, 1.82) is 0 Å². The van der Waals surface area contributed by atoms with Gasteiger partial charge in [-0.2, -0.15) is 0 Å². The van der Waals surface area contributed by atoms with Gasteiger partial charge in [-0.05, 0) is 67.3 Å². The second kappa shape index (κ2) is 10.5. The topological polar surface area (TPSA) is 69.7 Å². The molecule has 0 fully saturated rings. The van der Waals surface area contributed by atoms with Crippen LogP contribution in [0.4, 0.5) is 11.4 Å². The van der Waals surface area contributed by atoms with Crippen LogP contribution < -0.4 is 14.5 Å². The highest BCUT2D eigenvalue weighted by Gasteiger charge is 2.28. The molecule has 0 saturated heterocycles. The minimum atomic E-state index is -3.96. The van der Waals surface area contributed by atoms with Crippen molar-refractivity contribution in [3.8, 4) is 0 Å². The Kier molecular flexibility index (Phi) is 7.44. The number of fused-ring (bicyclic) bond motifs is 1. The molecule has 8 heteroatoms. The first-order valence-electron chi connectivity index (χ1n) is 11.3. The van der Waals surface area contributed by atoms with Gasteiger partial charge in [0.05, 0.1) is 10.6 Å². The normalized spacial score (nSPS) is 12.9. The van der Waals surface area contributed by atoms with E-state index in [-0.39, 0.29) is 17.3 Å². The van der Waals surface area contributed by atoms with Crippen molar-refractivity contribution in [3.63, 3.8) is 0 Å². The molecule has 34 heavy (non-hydrogen) atoms. The fraction of sp³-hybridized carbons (Fsp3) is 0.269. The molecule has 1 aliphatic heterocycles. The van der Waals surface area contributed by atoms with Gasteiger partial charge in [-0.1, -0.05) is 48.0 Å². The molecule has 1 N–H and O–H groups in total. The van der Waals surface area contributed by atoms with E-state index in [0.717, 1.165) is 35.8 Å². The molecule has 3 aromatic carbocycles. The van der Waals surface area contributed by atoms with Crippen LogP contribution in [0.25, 0.3) is 0 Å². The third-order valence-electron chi connectivity index (χ3n) is 5.98. The Morgan fingerprint density at radius 2 is 1.74 bits per heavy atom. The molecule has 0 aliphatic carbocycles. The number of halogens is 1. The maximum Gasteiger partial charge on any atom is 0.264 e. The van der Waals surface area contributed by atoms with Crippen molar-refractivity contribution in [3.05, 3.63) is 88.9 Å². The molecular formula is C26H28ClN3O3S. The third-order valence-corrected chi connectivity index (χ3v) is 8.01. The number of hydrogen-bond acceptors (Lipinski definition) is 4. The summed E-state index contributed by atoms with van der Waals surface area (Å²) in [4.78, 5) is 15.2. The molecule has 6 nitrogen and oxygen atoms in total. The fourth-order valence-electron chi connectivity index (χ4n) is 4.20. The molecule has 4 rings (SSSR count). The van der Waals surface area contributed by atoms with Crippen LogP contribution in [0.3, 0.4) is 0 Å². The predicted molar refractivity (Wildman–Crippen MR) is 137 cm³/mol. The van der Waals surface area contributed by atoms with E-state index in [1.807, 2.05) is 25.1 Å². The lowest BCUT2D eigenvalue weighted by molar-refractivity contribution is -0.119. The maximum atomic E-state index is 13.4. The van der Waals surface area contributed by atoms with Crippen molar-refractivity contribution >= 4 is 38.9 Å². The zero-order chi connectivity index (χ0) is 24.1. The summed E-state index contributed by atoms with van der Waals surface area (Å²) in [6.45, 7) is 3.81. The van der Waals surface area contributed by atoms with Gasteiger partial charge in [-0.15, -0.1) is 0 Å². The molecule has 3 aromatic rings. The Morgan fingerprint density at radius 3 is 2.50 bits per heavy atom. The minimum Gasteiger partial charge on any atom is -0.371 e. The SMILES string of the molecule is Cc1ccccc1N(CC(=O)NCCCN1CCc2ccccc21)S(=O)(=O)c1ccc(Cl)cc1. The van der Waals surface area contributed by atoms with Crippen LogP contribution in [0.1, 0.15) is 17.5 Å². The van der Waals surface area contributed by atoms with Gasteiger partial charge in [0, 0.05) is 30.3 Å². The summed E-state index contributed by atoms with van der Waals surface area (Å²) in [5.41, 5.74) is 3.85. The Bertz CT molecular complexity index is 1260. The summed E-state index contributed by atoms with van der Waals surface area (Å²) >= 11 is 5.94. The van der Waals surface area contributed by atoms with Crippen LogP contribution in [-0.4, -0.2) is 40.5 Å². The Morgan fingerprint density at radius 1 is 1.03 bits per heavy atom. The summed E-state index contributed by atoms with van der Waals surface area (Å²) in [6.07, 6.45) is 1.81. The molecule has 0 aromatic heterocycles. The summed E-state index contributed by atoms with van der Waals surface area (Å²) < 4.78 is 28.1. The van der Waals surface area contributed by atoms with E-state index < -0.39 is 10.0 Å². The molecule has 0 radical (unpaired) electrons. The number of sulfonamides is 1. The van der Waals surface area contributed by atoms with E-state index in [1.165, 1.54) is 35.5 Å². The molecule has 0 unspecified atom stereocenters. The monoisotopic (exact) mass is 497 g/mol. The fourth-order valence-corrected chi connectivity index (χ4v) is 5.81. The molecule has 0 bridgehead atoms. The molecule has 1 amide bonds. The van der Waals surface area contributed by atoms with E-state index >= 15 is 0 Å². The average Bonchev–Trinajstić information content (AvgIpc) is 3.24. The average molecular weight is 498 g/mol. The number of nitrogens with zero attached hydrogens (tertiary/aromatic N) is 2. The number of carbonyl (C=O) groups excluding carboxylic acids is 1. The van der Waals surface area contributed by atoms with Gasteiger partial charge in [-0.25, -0.2) is 8.42 Å². The molecule has 0 atom stereocenters. The number of nitrogens with one attached hydrogen (secondary N) is 1. The lowest BCUT2D eigenvalue weighted by Crippen LogP contribution is -2.41. The quantitative estimate of drug-likeness (QED) is 0.444. The van der Waals surface area contributed by atoms with Crippen LogP contribution in [0.5, 0.6) is 0 Å². The minimum absolute atomic E-state index is 0.0839. The van der Waals surface area contributed by atoms with Crippen molar-refractivity contribution < 1.29 is 13.2 Å². The second-order valence-corrected chi connectivity index (χ2v) is 10.6. The summed E-state index contributed by atoms with van der Waals surface area (Å²) in [5.74, 6) is -0.345. The zero-order valence-electron chi connectivity index (χ0n) is 19.1. The van der Waals surface area contributed by atoms with Gasteiger partial charge < -0.3 is 10.2 Å². The van der Waals surface area contributed by atoms with Crippen LogP contribution >= 0.6 is 11.6 Å². The number of para-hydroxylation sites is 2. The van der Waals surface area contributed by atoms with Crippen LogP contribution in [0.15, 0.2) is 77.7 Å². The number of hydrogen-bond donors (Lipinski definition) is 1. The first-order valence-corrected chi connectivity index (χ1v) is 13.1. The number of amides is 1. The lowest BCUT2D eigenvalue weighted by Gasteiger charge is -2.25. The largest absolute Gasteiger partial charge is 0.371 e. The molecule has 1 aliphatic rings. The lowest BCUT2D eigenvalue weighted by atomic mass is 10.2. The van der Waals surface area contributed by atoms with Gasteiger partial charge in [0.25, 0.3) is 10.0 Å². The highest BCUT2D eigenvalue weighted by atomic mass is 35.5. The van der Waals surface area contributed by atoms with Gasteiger partial charge >= 0.3 is 0 Å². The van der Waals surface area contributed by atoms with Gasteiger partial charge in [0.2, 0.25) is 5.91 Å². The predicted octanol–water partition coefficient (Wildman–Crippen LogP) is 4.41. The van der Waals surface area contributed by atoms with Crippen LogP contribution in [0.2, 0.25) is 5.02 Å². The van der Waals surface area contributed by atoms with E-state index in [4.69, 9.17) is 11.6 Å². The number of benzene rings is 3. The zero-order valence-corrected chi connectivity index (χ0v) is 20.6. The molecule has 0 spiro atoms. The molecular weight excluding hydrogens is 470 g/mol. The standard InChI is InChI=1S/C26H28ClN3O3S/c1-20-7-2-4-9-24(20)30(34(32,33)23-13-11-22(27)12-14-23)19-26(31)28-16-6-17-29-18-15-21-8-3-5-10-25(21)29/h2-5,7-14H,6,15-19H2,1H3,(H,28,31). The van der Waals surface area contributed by atoms with Crippen molar-refractivity contribution in [2.75, 3.05) is 35.4 Å². The number of aryl methyl sites for hydroxylation is 1. The molecule has 178 valence electrons. The summed E-state index contributed by atoms with van der Waals surface area (Å²) in [6, 6.07) is 21.5. The number of rotatable bonds is 9. The van der Waals surface area contributed by atoms with Crippen molar-refractivity contribution in [2.45, 2.75) is 24.7 Å². The molecule has 0 saturated carbocycles. The van der Waals surface area contributed by atoms with Gasteiger partial charge in [0.1, 0.15) is 6.54 Å². The van der Waals surface area contributed by atoms with Crippen LogP contribution in [-0.2, 0) is 21.2 Å².